The lowest BCUT2D eigenvalue weighted by atomic mass is 9.89. The number of hydrogen-bond donors (Lipinski definition) is 7. The van der Waals surface area contributed by atoms with Crippen LogP contribution in [0.4, 0.5) is 0 Å². The van der Waals surface area contributed by atoms with E-state index in [1.54, 1.807) is 0 Å². The lowest BCUT2D eigenvalue weighted by Gasteiger charge is -2.43. The molecule has 0 saturated carbocycles. The van der Waals surface area contributed by atoms with Gasteiger partial charge < -0.3 is 41.1 Å². The van der Waals surface area contributed by atoms with Crippen LogP contribution in [0.1, 0.15) is 6.42 Å². The number of carboxylic acid groups (broad SMARTS) is 1. The first-order valence-corrected chi connectivity index (χ1v) is 5.27. The van der Waals surface area contributed by atoms with Crippen LogP contribution in [0.3, 0.4) is 0 Å². The van der Waals surface area contributed by atoms with E-state index < -0.39 is 55.2 Å². The molecule has 0 spiro atoms. The van der Waals surface area contributed by atoms with Crippen LogP contribution in [0.25, 0.3) is 0 Å². The van der Waals surface area contributed by atoms with Crippen LogP contribution in [-0.4, -0.2) is 79.5 Å². The number of aliphatic carboxylic acids is 1. The van der Waals surface area contributed by atoms with Gasteiger partial charge in [-0.15, -0.1) is 0 Å². The Morgan fingerprint density at radius 1 is 1.50 bits per heavy atom. The number of ether oxygens (including phenoxy) is 1. The second-order valence-corrected chi connectivity index (χ2v) is 4.26. The number of carbonyl (C=O) groups is 1. The van der Waals surface area contributed by atoms with Gasteiger partial charge >= 0.3 is 5.97 Å². The largest absolute Gasteiger partial charge is 0.477 e. The number of nitrogens with two attached hydrogens (primary N) is 1. The number of hydrogen-bond acceptors (Lipinski definition) is 8. The molecule has 1 saturated heterocycles. The Bertz CT molecular complexity index is 313. The maximum absolute atomic E-state index is 10.8. The summed E-state index contributed by atoms with van der Waals surface area (Å²) in [5, 5.41) is 55.5. The summed E-state index contributed by atoms with van der Waals surface area (Å²) in [7, 11) is 0. The zero-order valence-corrected chi connectivity index (χ0v) is 9.38. The van der Waals surface area contributed by atoms with Gasteiger partial charge in [0.1, 0.15) is 18.3 Å². The summed E-state index contributed by atoms with van der Waals surface area (Å²) in [6.45, 7) is -0.810. The Balaban J connectivity index is 2.92. The van der Waals surface area contributed by atoms with Gasteiger partial charge in [0.15, 0.2) is 0 Å². The molecule has 1 rings (SSSR count). The maximum atomic E-state index is 10.8. The quantitative estimate of drug-likeness (QED) is 0.267. The van der Waals surface area contributed by atoms with Crippen molar-refractivity contribution in [2.45, 2.75) is 42.7 Å². The summed E-state index contributed by atoms with van der Waals surface area (Å²) in [6, 6.07) is -1.21. The zero-order valence-electron chi connectivity index (χ0n) is 9.38. The van der Waals surface area contributed by atoms with Crippen molar-refractivity contribution < 1.29 is 40.2 Å². The van der Waals surface area contributed by atoms with Crippen LogP contribution in [0.2, 0.25) is 0 Å². The van der Waals surface area contributed by atoms with Crippen molar-refractivity contribution in [1.82, 2.24) is 0 Å². The second-order valence-electron chi connectivity index (χ2n) is 4.26. The summed E-state index contributed by atoms with van der Waals surface area (Å²) in [5.41, 5.74) is 5.51. The lowest BCUT2D eigenvalue weighted by Crippen LogP contribution is -2.65. The van der Waals surface area contributed by atoms with Crippen molar-refractivity contribution in [3.63, 3.8) is 0 Å². The van der Waals surface area contributed by atoms with E-state index in [1.807, 2.05) is 0 Å². The van der Waals surface area contributed by atoms with Gasteiger partial charge in [0.05, 0.1) is 18.8 Å². The van der Waals surface area contributed by atoms with Crippen molar-refractivity contribution in [3.05, 3.63) is 0 Å². The molecule has 1 aliphatic rings. The fraction of sp³-hybridized carbons (Fsp3) is 0.889. The maximum Gasteiger partial charge on any atom is 0.364 e. The molecule has 0 radical (unpaired) electrons. The Morgan fingerprint density at radius 3 is 2.50 bits per heavy atom. The predicted octanol–water partition coefficient (Wildman–Crippen LogP) is -4.05. The van der Waals surface area contributed by atoms with Gasteiger partial charge in [-0.05, 0) is 0 Å². The second kappa shape index (κ2) is 5.45. The zero-order chi connectivity index (χ0) is 14.1. The molecule has 106 valence electrons. The molecule has 18 heavy (non-hydrogen) atoms. The third-order valence-corrected chi connectivity index (χ3v) is 2.89. The highest BCUT2D eigenvalue weighted by Gasteiger charge is 2.52. The summed E-state index contributed by atoms with van der Waals surface area (Å²) >= 11 is 0. The highest BCUT2D eigenvalue weighted by atomic mass is 16.7. The normalized spacial score (nSPS) is 40.2. The van der Waals surface area contributed by atoms with Gasteiger partial charge in [-0.25, -0.2) is 4.79 Å². The standard InChI is InChI=1S/C9H17NO8/c10-5-3(12)1-9(17,8(15)16)18-7(5)6(14)4(13)2-11/h3-7,11-14,17H,1-2,10H2,(H,15,16)/t3-,4?,5-,6?,7?,9-/m1/s1. The topological polar surface area (TPSA) is 174 Å². The van der Waals surface area contributed by atoms with Crippen LogP contribution in [0.15, 0.2) is 0 Å². The number of aliphatic hydroxyl groups is 5. The highest BCUT2D eigenvalue weighted by Crippen LogP contribution is 2.29. The summed E-state index contributed by atoms with van der Waals surface area (Å²) < 4.78 is 4.75. The van der Waals surface area contributed by atoms with Gasteiger partial charge in [0.2, 0.25) is 0 Å². The van der Waals surface area contributed by atoms with E-state index in [0.29, 0.717) is 0 Å². The molecule has 0 aromatic carbocycles. The first-order chi connectivity index (χ1) is 8.23. The van der Waals surface area contributed by atoms with Crippen LogP contribution in [0.5, 0.6) is 0 Å². The van der Waals surface area contributed by atoms with Crippen molar-refractivity contribution in [1.29, 1.82) is 0 Å². The van der Waals surface area contributed by atoms with Gasteiger partial charge in [-0.1, -0.05) is 0 Å². The Labute approximate surface area is 102 Å². The summed E-state index contributed by atoms with van der Waals surface area (Å²) in [5.74, 6) is -4.44. The molecule has 1 fully saturated rings. The van der Waals surface area contributed by atoms with Gasteiger partial charge in [-0.2, -0.15) is 0 Å². The minimum absolute atomic E-state index is 0.665. The minimum Gasteiger partial charge on any atom is -0.477 e. The first-order valence-electron chi connectivity index (χ1n) is 5.27. The van der Waals surface area contributed by atoms with Crippen LogP contribution in [0, 0.1) is 0 Å². The van der Waals surface area contributed by atoms with E-state index in [0.717, 1.165) is 0 Å². The van der Waals surface area contributed by atoms with Crippen LogP contribution >= 0.6 is 0 Å². The number of aliphatic hydroxyl groups excluding tert-OH is 4. The molecule has 3 unspecified atom stereocenters. The molecule has 0 aromatic rings. The fourth-order valence-corrected chi connectivity index (χ4v) is 1.75. The minimum atomic E-state index is -2.70. The van der Waals surface area contributed by atoms with Crippen molar-refractivity contribution >= 4 is 5.97 Å². The van der Waals surface area contributed by atoms with Crippen molar-refractivity contribution in [3.8, 4) is 0 Å². The molecular formula is C9H17NO8. The number of rotatable bonds is 4. The summed E-state index contributed by atoms with van der Waals surface area (Å²) in [6.07, 6.45) is -7.01. The molecule has 9 nitrogen and oxygen atoms in total. The average molecular weight is 267 g/mol. The molecule has 8 N–H and O–H groups in total. The molecule has 1 aliphatic heterocycles. The first kappa shape index (κ1) is 15.2. The Morgan fingerprint density at radius 2 is 2.06 bits per heavy atom. The highest BCUT2D eigenvalue weighted by molar-refractivity contribution is 5.75. The van der Waals surface area contributed by atoms with E-state index in [2.05, 4.69) is 0 Å². The molecule has 0 aromatic heterocycles. The smallest absolute Gasteiger partial charge is 0.364 e. The van der Waals surface area contributed by atoms with E-state index in [1.165, 1.54) is 0 Å². The van der Waals surface area contributed by atoms with Crippen molar-refractivity contribution in [2.75, 3.05) is 6.61 Å². The predicted molar refractivity (Wildman–Crippen MR) is 55.2 cm³/mol. The summed E-state index contributed by atoms with van der Waals surface area (Å²) in [4.78, 5) is 10.8. The number of carboxylic acids is 1. The molecule has 9 heteroatoms. The van der Waals surface area contributed by atoms with E-state index in [-0.39, 0.29) is 0 Å². The third-order valence-electron chi connectivity index (χ3n) is 2.89. The van der Waals surface area contributed by atoms with Crippen molar-refractivity contribution in [2.24, 2.45) is 5.73 Å². The van der Waals surface area contributed by atoms with Gasteiger partial charge in [-0.3, -0.25) is 0 Å². The Kier molecular flexibility index (Phi) is 4.61. The SMILES string of the molecule is N[C@H]1C(C(O)C(O)CO)O[C@@](O)(C(=O)O)C[C@H]1O. The molecule has 0 bridgehead atoms. The molecule has 6 atom stereocenters. The average Bonchev–Trinajstić information content (AvgIpc) is 2.31. The van der Waals surface area contributed by atoms with Gasteiger partial charge in [0.25, 0.3) is 5.79 Å². The monoisotopic (exact) mass is 267 g/mol. The van der Waals surface area contributed by atoms with E-state index in [9.17, 15) is 25.2 Å². The molecule has 1 heterocycles. The van der Waals surface area contributed by atoms with E-state index in [4.69, 9.17) is 20.7 Å². The lowest BCUT2D eigenvalue weighted by molar-refractivity contribution is -0.292. The molecule has 0 aliphatic carbocycles. The van der Waals surface area contributed by atoms with Crippen LogP contribution < -0.4 is 5.73 Å². The van der Waals surface area contributed by atoms with E-state index >= 15 is 0 Å². The van der Waals surface area contributed by atoms with Gasteiger partial charge in [0, 0.05) is 6.42 Å². The fourth-order valence-electron chi connectivity index (χ4n) is 1.75. The molecular weight excluding hydrogens is 250 g/mol. The Hall–Kier alpha value is -0.810. The van der Waals surface area contributed by atoms with Crippen LogP contribution in [-0.2, 0) is 9.53 Å². The molecule has 0 amide bonds. The third kappa shape index (κ3) is 2.78.